The maximum atomic E-state index is 5.46. The predicted molar refractivity (Wildman–Crippen MR) is 59.7 cm³/mol. The molecule has 0 amide bonds. The molecule has 0 spiro atoms. The fourth-order valence-electron chi connectivity index (χ4n) is 0.958. The van der Waals surface area contributed by atoms with Crippen LogP contribution in [0.3, 0.4) is 0 Å². The van der Waals surface area contributed by atoms with Gasteiger partial charge in [-0.1, -0.05) is 12.2 Å². The molecule has 0 saturated carbocycles. The van der Waals surface area contributed by atoms with Crippen LogP contribution < -0.4 is 10.5 Å². The van der Waals surface area contributed by atoms with E-state index in [-0.39, 0.29) is 0 Å². The first-order chi connectivity index (χ1) is 6.74. The van der Waals surface area contributed by atoms with E-state index in [0.29, 0.717) is 18.2 Å². The van der Waals surface area contributed by atoms with Crippen molar-refractivity contribution in [3.8, 4) is 5.75 Å². The Morgan fingerprint density at radius 2 is 1.93 bits per heavy atom. The average Bonchev–Trinajstić information content (AvgIpc) is 2.19. The summed E-state index contributed by atoms with van der Waals surface area (Å²) in [6.07, 6.45) is 0. The number of hydrogen-bond donors (Lipinski definition) is 1. The van der Waals surface area contributed by atoms with E-state index in [0.717, 1.165) is 11.3 Å². The molecular weight excluding hydrogens is 198 g/mol. The van der Waals surface area contributed by atoms with E-state index < -0.39 is 0 Å². The third-order valence-corrected chi connectivity index (χ3v) is 1.93. The second kappa shape index (κ2) is 5.57. The standard InChI is InChI=1S/C10H13NO2S/c1-12-6-7-13-9-4-2-8(3-5-9)10(11)14/h2-5H,6-7H2,1H3,(H2,11,14). The van der Waals surface area contributed by atoms with E-state index in [4.69, 9.17) is 27.4 Å². The largest absolute Gasteiger partial charge is 0.491 e. The molecule has 0 bridgehead atoms. The third kappa shape index (κ3) is 3.32. The first-order valence-electron chi connectivity index (χ1n) is 4.25. The number of nitrogens with two attached hydrogens (primary N) is 1. The summed E-state index contributed by atoms with van der Waals surface area (Å²) >= 11 is 4.83. The molecule has 0 aliphatic carbocycles. The molecule has 1 aromatic rings. The lowest BCUT2D eigenvalue weighted by Crippen LogP contribution is -2.09. The number of ether oxygens (including phenoxy) is 2. The van der Waals surface area contributed by atoms with E-state index in [1.165, 1.54) is 0 Å². The summed E-state index contributed by atoms with van der Waals surface area (Å²) in [7, 11) is 1.64. The average molecular weight is 211 g/mol. The van der Waals surface area contributed by atoms with Gasteiger partial charge in [-0.3, -0.25) is 0 Å². The zero-order valence-corrected chi connectivity index (χ0v) is 8.84. The second-order valence-corrected chi connectivity index (χ2v) is 3.17. The lowest BCUT2D eigenvalue weighted by molar-refractivity contribution is 0.146. The van der Waals surface area contributed by atoms with E-state index in [9.17, 15) is 0 Å². The van der Waals surface area contributed by atoms with E-state index in [1.807, 2.05) is 24.3 Å². The summed E-state index contributed by atoms with van der Waals surface area (Å²) in [5.74, 6) is 0.794. The molecule has 0 atom stereocenters. The van der Waals surface area contributed by atoms with Gasteiger partial charge in [0.2, 0.25) is 0 Å². The molecule has 0 fully saturated rings. The Hall–Kier alpha value is -1.13. The first-order valence-corrected chi connectivity index (χ1v) is 4.66. The van der Waals surface area contributed by atoms with Crippen molar-refractivity contribution in [1.29, 1.82) is 0 Å². The van der Waals surface area contributed by atoms with E-state index in [1.54, 1.807) is 7.11 Å². The van der Waals surface area contributed by atoms with Crippen LogP contribution in [0.2, 0.25) is 0 Å². The molecule has 0 heterocycles. The van der Waals surface area contributed by atoms with Crippen molar-refractivity contribution in [3.05, 3.63) is 29.8 Å². The molecule has 0 aromatic heterocycles. The van der Waals surface area contributed by atoms with Gasteiger partial charge < -0.3 is 15.2 Å². The quantitative estimate of drug-likeness (QED) is 0.590. The smallest absolute Gasteiger partial charge is 0.119 e. The van der Waals surface area contributed by atoms with Gasteiger partial charge in [-0.25, -0.2) is 0 Å². The van der Waals surface area contributed by atoms with Crippen molar-refractivity contribution in [2.75, 3.05) is 20.3 Å². The monoisotopic (exact) mass is 211 g/mol. The van der Waals surface area contributed by atoms with Gasteiger partial charge in [-0.15, -0.1) is 0 Å². The van der Waals surface area contributed by atoms with Gasteiger partial charge in [0.25, 0.3) is 0 Å². The minimum atomic E-state index is 0.397. The molecular formula is C10H13NO2S. The molecule has 1 rings (SSSR count). The zero-order valence-electron chi connectivity index (χ0n) is 8.03. The van der Waals surface area contributed by atoms with Crippen LogP contribution in [0.15, 0.2) is 24.3 Å². The van der Waals surface area contributed by atoms with E-state index >= 15 is 0 Å². The fourth-order valence-corrected chi connectivity index (χ4v) is 1.09. The van der Waals surface area contributed by atoms with Crippen LogP contribution in [0.4, 0.5) is 0 Å². The van der Waals surface area contributed by atoms with Gasteiger partial charge in [0.1, 0.15) is 17.3 Å². The molecule has 14 heavy (non-hydrogen) atoms. The maximum Gasteiger partial charge on any atom is 0.119 e. The summed E-state index contributed by atoms with van der Waals surface area (Å²) in [5, 5.41) is 0. The molecule has 0 radical (unpaired) electrons. The minimum absolute atomic E-state index is 0.397. The topological polar surface area (TPSA) is 44.5 Å². The first kappa shape index (κ1) is 10.9. The van der Waals surface area contributed by atoms with Gasteiger partial charge in [0.15, 0.2) is 0 Å². The summed E-state index contributed by atoms with van der Waals surface area (Å²) in [6, 6.07) is 7.35. The fraction of sp³-hybridized carbons (Fsp3) is 0.300. The molecule has 2 N–H and O–H groups in total. The van der Waals surface area contributed by atoms with Crippen LogP contribution in [-0.4, -0.2) is 25.3 Å². The van der Waals surface area contributed by atoms with Gasteiger partial charge in [-0.2, -0.15) is 0 Å². The Bertz CT molecular complexity index is 297. The van der Waals surface area contributed by atoms with Crippen LogP contribution in [0.25, 0.3) is 0 Å². The SMILES string of the molecule is COCCOc1ccc(C(N)=S)cc1. The van der Waals surface area contributed by atoms with Gasteiger partial charge in [0.05, 0.1) is 6.61 Å². The summed E-state index contributed by atoms with van der Waals surface area (Å²) < 4.78 is 10.2. The lowest BCUT2D eigenvalue weighted by atomic mass is 10.2. The summed E-state index contributed by atoms with van der Waals surface area (Å²) in [4.78, 5) is 0.397. The highest BCUT2D eigenvalue weighted by Crippen LogP contribution is 2.11. The second-order valence-electron chi connectivity index (χ2n) is 2.73. The highest BCUT2D eigenvalue weighted by Gasteiger charge is 1.96. The Morgan fingerprint density at radius 3 is 2.43 bits per heavy atom. The molecule has 0 unspecified atom stereocenters. The van der Waals surface area contributed by atoms with Crippen LogP contribution in [0, 0.1) is 0 Å². The number of methoxy groups -OCH3 is 1. The Labute approximate surface area is 88.8 Å². The predicted octanol–water partition coefficient (Wildman–Crippen LogP) is 1.35. The maximum absolute atomic E-state index is 5.46. The molecule has 0 aliphatic heterocycles. The summed E-state index contributed by atoms with van der Waals surface area (Å²) in [6.45, 7) is 1.12. The molecule has 3 nitrogen and oxygen atoms in total. The minimum Gasteiger partial charge on any atom is -0.491 e. The number of benzene rings is 1. The number of hydrogen-bond acceptors (Lipinski definition) is 3. The molecule has 4 heteroatoms. The van der Waals surface area contributed by atoms with Crippen LogP contribution in [0.1, 0.15) is 5.56 Å². The molecule has 1 aromatic carbocycles. The van der Waals surface area contributed by atoms with E-state index in [2.05, 4.69) is 0 Å². The van der Waals surface area contributed by atoms with Gasteiger partial charge in [0, 0.05) is 12.7 Å². The van der Waals surface area contributed by atoms with Crippen molar-refractivity contribution < 1.29 is 9.47 Å². The summed E-state index contributed by atoms with van der Waals surface area (Å²) in [5.41, 5.74) is 6.30. The van der Waals surface area contributed by atoms with Crippen LogP contribution in [-0.2, 0) is 4.74 Å². The Balaban J connectivity index is 2.51. The zero-order chi connectivity index (χ0) is 10.4. The Morgan fingerprint density at radius 1 is 1.29 bits per heavy atom. The number of rotatable bonds is 5. The lowest BCUT2D eigenvalue weighted by Gasteiger charge is -2.05. The third-order valence-electron chi connectivity index (χ3n) is 1.70. The molecule has 76 valence electrons. The number of thiocarbonyl (C=S) groups is 1. The van der Waals surface area contributed by atoms with Gasteiger partial charge >= 0.3 is 0 Å². The van der Waals surface area contributed by atoms with Gasteiger partial charge in [-0.05, 0) is 24.3 Å². The van der Waals surface area contributed by atoms with Crippen LogP contribution in [0.5, 0.6) is 5.75 Å². The highest BCUT2D eigenvalue weighted by molar-refractivity contribution is 7.80. The Kier molecular flexibility index (Phi) is 4.35. The van der Waals surface area contributed by atoms with Crippen molar-refractivity contribution in [3.63, 3.8) is 0 Å². The van der Waals surface area contributed by atoms with Crippen LogP contribution >= 0.6 is 12.2 Å². The van der Waals surface area contributed by atoms with Crippen molar-refractivity contribution in [2.24, 2.45) is 5.73 Å². The molecule has 0 aliphatic rings. The normalized spacial score (nSPS) is 9.79. The van der Waals surface area contributed by atoms with Crippen molar-refractivity contribution in [2.45, 2.75) is 0 Å². The van der Waals surface area contributed by atoms with Crippen molar-refractivity contribution in [1.82, 2.24) is 0 Å². The molecule has 0 saturated heterocycles. The van der Waals surface area contributed by atoms with Crippen molar-refractivity contribution >= 4 is 17.2 Å². The highest BCUT2D eigenvalue weighted by atomic mass is 32.1.